The smallest absolute Gasteiger partial charge is 0.311 e. The van der Waals surface area contributed by atoms with Crippen molar-refractivity contribution in [3.8, 4) is 0 Å². The number of esters is 1. The number of aliphatic hydroxyl groups excluding tert-OH is 1. The van der Waals surface area contributed by atoms with Gasteiger partial charge in [-0.15, -0.1) is 13.2 Å². The van der Waals surface area contributed by atoms with Crippen molar-refractivity contribution >= 4 is 5.97 Å². The highest BCUT2D eigenvalue weighted by atomic mass is 16.5. The summed E-state index contributed by atoms with van der Waals surface area (Å²) >= 11 is 0. The minimum atomic E-state index is -0.760. The fourth-order valence-corrected chi connectivity index (χ4v) is 2.29. The second-order valence-electron chi connectivity index (χ2n) is 4.57. The number of ether oxygens (including phenoxy) is 1. The van der Waals surface area contributed by atoms with Gasteiger partial charge >= 0.3 is 5.97 Å². The summed E-state index contributed by atoms with van der Waals surface area (Å²) in [7, 11) is 0. The molecule has 1 N–H and O–H groups in total. The van der Waals surface area contributed by atoms with Gasteiger partial charge in [-0.1, -0.05) is 24.3 Å². The maximum absolute atomic E-state index is 11.8. The molecule has 4 heteroatoms. The van der Waals surface area contributed by atoms with E-state index in [0.29, 0.717) is 26.1 Å². The fourth-order valence-electron chi connectivity index (χ4n) is 2.29. The average Bonchev–Trinajstić information content (AvgIpc) is 2.39. The van der Waals surface area contributed by atoms with Crippen molar-refractivity contribution in [3.05, 3.63) is 37.5 Å². The first-order valence-electron chi connectivity index (χ1n) is 6.62. The van der Waals surface area contributed by atoms with E-state index in [1.807, 2.05) is 18.2 Å². The SMILES string of the molecule is C=CCN(CC=C)C1C=CC(O)C(C(=O)OCC)C1. The molecule has 0 aromatic heterocycles. The average molecular weight is 265 g/mol. The molecule has 3 atom stereocenters. The van der Waals surface area contributed by atoms with Gasteiger partial charge in [0.2, 0.25) is 0 Å². The largest absolute Gasteiger partial charge is 0.466 e. The normalized spacial score (nSPS) is 26.2. The second-order valence-corrected chi connectivity index (χ2v) is 4.57. The Hall–Kier alpha value is -1.39. The van der Waals surface area contributed by atoms with Gasteiger partial charge in [0.25, 0.3) is 0 Å². The predicted molar refractivity (Wildman–Crippen MR) is 75.6 cm³/mol. The van der Waals surface area contributed by atoms with Gasteiger partial charge < -0.3 is 9.84 Å². The van der Waals surface area contributed by atoms with Crippen LogP contribution in [0.1, 0.15) is 13.3 Å². The highest BCUT2D eigenvalue weighted by Crippen LogP contribution is 2.24. The number of hydrogen-bond donors (Lipinski definition) is 1. The Kier molecular flexibility index (Phi) is 6.53. The maximum Gasteiger partial charge on any atom is 0.311 e. The van der Waals surface area contributed by atoms with Crippen LogP contribution in [0, 0.1) is 5.92 Å². The van der Waals surface area contributed by atoms with E-state index in [1.165, 1.54) is 0 Å². The number of carbonyl (C=O) groups excluding carboxylic acids is 1. The van der Waals surface area contributed by atoms with Gasteiger partial charge in [0.1, 0.15) is 0 Å². The number of rotatable bonds is 7. The lowest BCUT2D eigenvalue weighted by atomic mass is 9.88. The van der Waals surface area contributed by atoms with Crippen molar-refractivity contribution < 1.29 is 14.6 Å². The van der Waals surface area contributed by atoms with Gasteiger partial charge in [-0.25, -0.2) is 0 Å². The number of hydrogen-bond acceptors (Lipinski definition) is 4. The summed E-state index contributed by atoms with van der Waals surface area (Å²) in [6.45, 7) is 11.0. The molecule has 19 heavy (non-hydrogen) atoms. The Labute approximate surface area is 115 Å². The number of aliphatic hydroxyl groups is 1. The van der Waals surface area contributed by atoms with Crippen LogP contribution in [0.4, 0.5) is 0 Å². The van der Waals surface area contributed by atoms with Crippen molar-refractivity contribution in [2.75, 3.05) is 19.7 Å². The molecule has 0 saturated carbocycles. The molecule has 0 saturated heterocycles. The van der Waals surface area contributed by atoms with Crippen molar-refractivity contribution in [3.63, 3.8) is 0 Å². The summed E-state index contributed by atoms with van der Waals surface area (Å²) in [5.41, 5.74) is 0. The molecule has 0 radical (unpaired) electrons. The van der Waals surface area contributed by atoms with Crippen LogP contribution in [0.3, 0.4) is 0 Å². The van der Waals surface area contributed by atoms with Crippen LogP contribution >= 0.6 is 0 Å². The van der Waals surface area contributed by atoms with E-state index < -0.39 is 12.0 Å². The molecule has 106 valence electrons. The monoisotopic (exact) mass is 265 g/mol. The Morgan fingerprint density at radius 1 is 1.42 bits per heavy atom. The predicted octanol–water partition coefficient (Wildman–Crippen LogP) is 1.53. The van der Waals surface area contributed by atoms with E-state index in [2.05, 4.69) is 18.1 Å². The van der Waals surface area contributed by atoms with Crippen LogP contribution in [0.25, 0.3) is 0 Å². The van der Waals surface area contributed by atoms with Gasteiger partial charge in [0.15, 0.2) is 0 Å². The number of nitrogens with zero attached hydrogens (tertiary/aromatic N) is 1. The van der Waals surface area contributed by atoms with Gasteiger partial charge in [0, 0.05) is 19.1 Å². The van der Waals surface area contributed by atoms with Crippen LogP contribution in [-0.2, 0) is 9.53 Å². The molecule has 1 aliphatic rings. The van der Waals surface area contributed by atoms with Crippen molar-refractivity contribution in [1.29, 1.82) is 0 Å². The minimum Gasteiger partial charge on any atom is -0.466 e. The lowest BCUT2D eigenvalue weighted by Crippen LogP contribution is -2.42. The quantitative estimate of drug-likeness (QED) is 0.560. The minimum absolute atomic E-state index is 0.0915. The highest BCUT2D eigenvalue weighted by molar-refractivity contribution is 5.73. The van der Waals surface area contributed by atoms with E-state index in [1.54, 1.807) is 13.0 Å². The molecular formula is C15H23NO3. The summed E-state index contributed by atoms with van der Waals surface area (Å²) in [5, 5.41) is 9.88. The Bertz CT molecular complexity index is 341. The Morgan fingerprint density at radius 2 is 2.05 bits per heavy atom. The van der Waals surface area contributed by atoms with Crippen molar-refractivity contribution in [2.45, 2.75) is 25.5 Å². The maximum atomic E-state index is 11.8. The molecule has 0 bridgehead atoms. The standard InChI is InChI=1S/C15H23NO3/c1-4-9-16(10-5-2)12-7-8-14(17)13(11-12)15(18)19-6-3/h4-5,7-8,12-14,17H,1-2,6,9-11H2,3H3. The third-order valence-corrected chi connectivity index (χ3v) is 3.22. The molecule has 0 amide bonds. The van der Waals surface area contributed by atoms with E-state index in [9.17, 15) is 9.90 Å². The van der Waals surface area contributed by atoms with E-state index >= 15 is 0 Å². The van der Waals surface area contributed by atoms with Crippen LogP contribution < -0.4 is 0 Å². The molecule has 0 fully saturated rings. The van der Waals surface area contributed by atoms with Crippen LogP contribution in [0.2, 0.25) is 0 Å². The zero-order valence-corrected chi connectivity index (χ0v) is 11.5. The fraction of sp³-hybridized carbons (Fsp3) is 0.533. The van der Waals surface area contributed by atoms with Crippen LogP contribution in [0.5, 0.6) is 0 Å². The molecule has 0 aromatic rings. The molecule has 1 aliphatic carbocycles. The van der Waals surface area contributed by atoms with Gasteiger partial charge in [-0.05, 0) is 13.3 Å². The molecule has 1 rings (SSSR count). The first-order valence-corrected chi connectivity index (χ1v) is 6.62. The topological polar surface area (TPSA) is 49.8 Å². The third kappa shape index (κ3) is 4.33. The highest BCUT2D eigenvalue weighted by Gasteiger charge is 2.33. The van der Waals surface area contributed by atoms with E-state index in [4.69, 9.17) is 4.74 Å². The molecule has 0 spiro atoms. The van der Waals surface area contributed by atoms with E-state index in [0.717, 1.165) is 0 Å². The third-order valence-electron chi connectivity index (χ3n) is 3.22. The van der Waals surface area contributed by atoms with Gasteiger partial charge in [-0.2, -0.15) is 0 Å². The second kappa shape index (κ2) is 7.92. The molecule has 0 heterocycles. The molecular weight excluding hydrogens is 242 g/mol. The first-order chi connectivity index (χ1) is 9.13. The molecule has 0 aliphatic heterocycles. The van der Waals surface area contributed by atoms with E-state index in [-0.39, 0.29) is 12.0 Å². The molecule has 0 aromatic carbocycles. The number of carbonyl (C=O) groups is 1. The molecule has 4 nitrogen and oxygen atoms in total. The Balaban J connectivity index is 2.76. The zero-order chi connectivity index (χ0) is 14.3. The lowest BCUT2D eigenvalue weighted by Gasteiger charge is -2.34. The van der Waals surface area contributed by atoms with Crippen molar-refractivity contribution in [2.24, 2.45) is 5.92 Å². The van der Waals surface area contributed by atoms with Crippen LogP contribution in [0.15, 0.2) is 37.5 Å². The molecule has 3 unspecified atom stereocenters. The summed E-state index contributed by atoms with van der Waals surface area (Å²) in [6, 6.07) is 0.0915. The van der Waals surface area contributed by atoms with Crippen LogP contribution in [-0.4, -0.2) is 47.8 Å². The van der Waals surface area contributed by atoms with Gasteiger partial charge in [-0.3, -0.25) is 9.69 Å². The summed E-state index contributed by atoms with van der Waals surface area (Å²) in [6.07, 6.45) is 7.05. The van der Waals surface area contributed by atoms with Crippen molar-refractivity contribution in [1.82, 2.24) is 4.90 Å². The first kappa shape index (κ1) is 15.7. The Morgan fingerprint density at radius 3 is 2.58 bits per heavy atom. The zero-order valence-electron chi connectivity index (χ0n) is 11.5. The van der Waals surface area contributed by atoms with Gasteiger partial charge in [0.05, 0.1) is 18.6 Å². The lowest BCUT2D eigenvalue weighted by molar-refractivity contribution is -0.152. The summed E-state index contributed by atoms with van der Waals surface area (Å²) in [5.74, 6) is -0.825. The summed E-state index contributed by atoms with van der Waals surface area (Å²) in [4.78, 5) is 14.0. The summed E-state index contributed by atoms with van der Waals surface area (Å²) < 4.78 is 5.01.